The van der Waals surface area contributed by atoms with Crippen molar-refractivity contribution in [3.05, 3.63) is 57.3 Å². The van der Waals surface area contributed by atoms with Crippen molar-refractivity contribution in [3.8, 4) is 0 Å². The van der Waals surface area contributed by atoms with Gasteiger partial charge in [-0.05, 0) is 35.1 Å². The van der Waals surface area contributed by atoms with Crippen LogP contribution in [-0.2, 0) is 20.5 Å². The summed E-state index contributed by atoms with van der Waals surface area (Å²) < 4.78 is 6.06. The third-order valence-corrected chi connectivity index (χ3v) is 6.36. The number of carboxylic acid groups (broad SMARTS) is 1. The predicted octanol–water partition coefficient (Wildman–Crippen LogP) is 3.91. The van der Waals surface area contributed by atoms with Crippen LogP contribution in [0.15, 0.2) is 36.4 Å². The number of benzene rings is 1. The van der Waals surface area contributed by atoms with E-state index in [0.29, 0.717) is 12.8 Å². The van der Waals surface area contributed by atoms with Gasteiger partial charge >= 0.3 is 5.97 Å². The van der Waals surface area contributed by atoms with E-state index in [1.54, 1.807) is 19.2 Å². The van der Waals surface area contributed by atoms with E-state index in [-0.39, 0.29) is 22.2 Å². The summed E-state index contributed by atoms with van der Waals surface area (Å²) in [5, 5.41) is 12.4. The number of hydrogen-bond acceptors (Lipinski definition) is 4. The highest BCUT2D eigenvalue weighted by molar-refractivity contribution is 7.14. The van der Waals surface area contributed by atoms with E-state index in [4.69, 9.17) is 4.74 Å². The van der Waals surface area contributed by atoms with E-state index in [9.17, 15) is 14.7 Å². The number of aromatic carboxylic acids is 1. The molecule has 2 atom stereocenters. The second-order valence-corrected chi connectivity index (χ2v) is 8.98. The third kappa shape index (κ3) is 3.51. The summed E-state index contributed by atoms with van der Waals surface area (Å²) >= 11 is 1.19. The number of nitrogens with one attached hydrogen (secondary N) is 1. The maximum Gasteiger partial charge on any atom is 0.345 e. The minimum absolute atomic E-state index is 0.0113. The van der Waals surface area contributed by atoms with Crippen molar-refractivity contribution in [1.82, 2.24) is 5.32 Å². The lowest BCUT2D eigenvalue weighted by molar-refractivity contribution is -0.120. The molecule has 0 spiro atoms. The van der Waals surface area contributed by atoms with Crippen LogP contribution in [0.4, 0.5) is 0 Å². The molecule has 6 heteroatoms. The van der Waals surface area contributed by atoms with Gasteiger partial charge in [-0.1, -0.05) is 45.0 Å². The molecule has 27 heavy (non-hydrogen) atoms. The molecule has 0 saturated carbocycles. The number of thiophene rings is 1. The van der Waals surface area contributed by atoms with Gasteiger partial charge in [0, 0.05) is 18.4 Å². The van der Waals surface area contributed by atoms with Gasteiger partial charge in [0.25, 0.3) is 0 Å². The molecule has 0 bridgehead atoms. The van der Waals surface area contributed by atoms with Crippen LogP contribution < -0.4 is 5.32 Å². The lowest BCUT2D eigenvalue weighted by Crippen LogP contribution is -2.48. The summed E-state index contributed by atoms with van der Waals surface area (Å²) in [6, 6.07) is 11.3. The number of methoxy groups -OCH3 is 1. The summed E-state index contributed by atoms with van der Waals surface area (Å²) in [5.74, 6) is -0.974. The van der Waals surface area contributed by atoms with Gasteiger partial charge in [0.05, 0.1) is 6.04 Å². The number of amides is 1. The highest BCUT2D eigenvalue weighted by Crippen LogP contribution is 2.43. The fraction of sp³-hybridized carbons (Fsp3) is 0.429. The maximum absolute atomic E-state index is 11.9. The Morgan fingerprint density at radius 1 is 1.15 bits per heavy atom. The number of carbonyl (C=O) groups is 2. The predicted molar refractivity (Wildman–Crippen MR) is 105 cm³/mol. The number of ether oxygens (including phenoxy) is 1. The van der Waals surface area contributed by atoms with Crippen molar-refractivity contribution in [3.63, 3.8) is 0 Å². The Balaban J connectivity index is 2.14. The molecule has 1 aromatic heterocycles. The van der Waals surface area contributed by atoms with Gasteiger partial charge in [0.15, 0.2) is 0 Å². The van der Waals surface area contributed by atoms with Crippen LogP contribution in [-0.4, -0.2) is 30.1 Å². The molecule has 1 aliphatic rings. The number of rotatable bonds is 5. The topological polar surface area (TPSA) is 75.6 Å². The van der Waals surface area contributed by atoms with Crippen LogP contribution >= 0.6 is 11.3 Å². The van der Waals surface area contributed by atoms with E-state index in [1.807, 2.05) is 12.1 Å². The van der Waals surface area contributed by atoms with Crippen LogP contribution in [0.1, 0.15) is 59.3 Å². The maximum atomic E-state index is 11.9. The summed E-state index contributed by atoms with van der Waals surface area (Å²) in [7, 11) is 1.61. The lowest BCUT2D eigenvalue weighted by Gasteiger charge is -2.38. The smallest absolute Gasteiger partial charge is 0.345 e. The van der Waals surface area contributed by atoms with Crippen molar-refractivity contribution in [1.29, 1.82) is 0 Å². The Labute approximate surface area is 163 Å². The van der Waals surface area contributed by atoms with Crippen LogP contribution in [0.2, 0.25) is 0 Å². The van der Waals surface area contributed by atoms with Crippen molar-refractivity contribution < 1.29 is 19.4 Å². The van der Waals surface area contributed by atoms with Crippen LogP contribution in [0.5, 0.6) is 0 Å². The molecule has 2 N–H and O–H groups in total. The lowest BCUT2D eigenvalue weighted by atomic mass is 9.81. The Morgan fingerprint density at radius 3 is 2.22 bits per heavy atom. The molecule has 2 aromatic rings. The molecular weight excluding hydrogens is 362 g/mol. The molecule has 3 rings (SSSR count). The van der Waals surface area contributed by atoms with Gasteiger partial charge in [0.2, 0.25) is 5.91 Å². The molecule has 5 nitrogen and oxygen atoms in total. The minimum Gasteiger partial charge on any atom is -0.477 e. The highest BCUT2D eigenvalue weighted by Gasteiger charge is 2.47. The zero-order valence-electron chi connectivity index (χ0n) is 16.0. The molecule has 144 valence electrons. The molecule has 1 fully saturated rings. The van der Waals surface area contributed by atoms with E-state index in [1.165, 1.54) is 16.9 Å². The molecular formula is C21H25NO4S. The van der Waals surface area contributed by atoms with E-state index < -0.39 is 11.6 Å². The molecule has 1 unspecified atom stereocenters. The quantitative estimate of drug-likeness (QED) is 0.816. The minimum atomic E-state index is -0.963. The van der Waals surface area contributed by atoms with Gasteiger partial charge in [-0.15, -0.1) is 11.3 Å². The van der Waals surface area contributed by atoms with Gasteiger partial charge in [0.1, 0.15) is 10.5 Å². The number of hydrogen-bond donors (Lipinski definition) is 2. The van der Waals surface area contributed by atoms with Gasteiger partial charge in [-0.25, -0.2) is 4.79 Å². The standard InChI is InChI=1S/C21H25NO4S/c1-20(2,3)13-5-7-14(8-6-13)21(26-4,16-10-12-18(23)22-16)17-11-9-15(27-17)19(24)25/h5-9,11,16H,10,12H2,1-4H3,(H,22,23)(H,24,25)/t16?,21-/m0/s1. The fourth-order valence-corrected chi connectivity index (χ4v) is 4.76. The first-order chi connectivity index (χ1) is 12.7. The van der Waals surface area contributed by atoms with Crippen molar-refractivity contribution in [2.24, 2.45) is 0 Å². The second-order valence-electron chi connectivity index (χ2n) is 7.89. The normalized spacial score (nSPS) is 19.6. The summed E-state index contributed by atoms with van der Waals surface area (Å²) in [6.45, 7) is 6.46. The van der Waals surface area contributed by atoms with Crippen LogP contribution in [0.25, 0.3) is 0 Å². The van der Waals surface area contributed by atoms with Crippen molar-refractivity contribution in [2.75, 3.05) is 7.11 Å². The monoisotopic (exact) mass is 387 g/mol. The zero-order chi connectivity index (χ0) is 19.8. The summed E-state index contributed by atoms with van der Waals surface area (Å²) in [4.78, 5) is 24.3. The Bertz CT molecular complexity index is 850. The largest absolute Gasteiger partial charge is 0.477 e. The average molecular weight is 388 g/mol. The molecule has 1 aliphatic heterocycles. The molecule has 0 radical (unpaired) electrons. The Hall–Kier alpha value is -2.18. The van der Waals surface area contributed by atoms with E-state index in [0.717, 1.165) is 10.4 Å². The first-order valence-corrected chi connectivity index (χ1v) is 9.79. The average Bonchev–Trinajstić information content (AvgIpc) is 3.26. The fourth-order valence-electron chi connectivity index (χ4n) is 3.67. The molecule has 1 amide bonds. The van der Waals surface area contributed by atoms with Gasteiger partial charge in [-0.2, -0.15) is 0 Å². The molecule has 1 aromatic carbocycles. The molecule has 0 aliphatic carbocycles. The highest BCUT2D eigenvalue weighted by atomic mass is 32.1. The second kappa shape index (κ2) is 7.09. The van der Waals surface area contributed by atoms with Crippen LogP contribution in [0, 0.1) is 0 Å². The van der Waals surface area contributed by atoms with Crippen molar-refractivity contribution in [2.45, 2.75) is 50.7 Å². The van der Waals surface area contributed by atoms with E-state index in [2.05, 4.69) is 38.2 Å². The first-order valence-electron chi connectivity index (χ1n) is 8.97. The first kappa shape index (κ1) is 19.6. The van der Waals surface area contributed by atoms with Crippen LogP contribution in [0.3, 0.4) is 0 Å². The Morgan fingerprint density at radius 2 is 1.78 bits per heavy atom. The SMILES string of the molecule is CO[C@](c1ccc(C(C)(C)C)cc1)(c1ccc(C(=O)O)s1)C1CCC(=O)N1. The third-order valence-electron chi connectivity index (χ3n) is 5.17. The molecule has 1 saturated heterocycles. The zero-order valence-corrected chi connectivity index (χ0v) is 16.9. The molecule has 2 heterocycles. The Kier molecular flexibility index (Phi) is 5.14. The van der Waals surface area contributed by atoms with Crippen molar-refractivity contribution >= 4 is 23.2 Å². The summed E-state index contributed by atoms with van der Waals surface area (Å²) in [5.41, 5.74) is 1.21. The number of carboxylic acids is 1. The van der Waals surface area contributed by atoms with E-state index >= 15 is 0 Å². The summed E-state index contributed by atoms with van der Waals surface area (Å²) in [6.07, 6.45) is 1.07. The van der Waals surface area contributed by atoms with Gasteiger partial charge in [-0.3, -0.25) is 4.79 Å². The van der Waals surface area contributed by atoms with Gasteiger partial charge < -0.3 is 15.2 Å². The number of carbonyl (C=O) groups excluding carboxylic acids is 1.